The van der Waals surface area contributed by atoms with E-state index in [0.717, 1.165) is 0 Å². The number of phenolic OH excluding ortho intramolecular Hbond substituents is 1. The fourth-order valence-electron chi connectivity index (χ4n) is 1.26. The highest BCUT2D eigenvalue weighted by Gasteiger charge is 2.16. The van der Waals surface area contributed by atoms with E-state index in [9.17, 15) is 15.0 Å². The van der Waals surface area contributed by atoms with Crippen LogP contribution in [0.15, 0.2) is 18.2 Å². The zero-order valence-electron chi connectivity index (χ0n) is 9.74. The minimum Gasteiger partial charge on any atom is -0.508 e. The van der Waals surface area contributed by atoms with Gasteiger partial charge in [0.15, 0.2) is 0 Å². The highest BCUT2D eigenvalue weighted by Crippen LogP contribution is 2.19. The van der Waals surface area contributed by atoms with Crippen molar-refractivity contribution < 1.29 is 15.0 Å². The molecule has 1 aromatic rings. The average Bonchev–Trinajstić information content (AvgIpc) is 2.17. The van der Waals surface area contributed by atoms with Crippen molar-refractivity contribution in [3.8, 4) is 5.75 Å². The van der Waals surface area contributed by atoms with Gasteiger partial charge in [0.1, 0.15) is 5.75 Å². The van der Waals surface area contributed by atoms with Crippen molar-refractivity contribution in [1.29, 1.82) is 0 Å². The number of aliphatic hydroxyl groups is 1. The Hall–Kier alpha value is -1.55. The second-order valence-corrected chi connectivity index (χ2v) is 4.44. The van der Waals surface area contributed by atoms with Gasteiger partial charge < -0.3 is 15.5 Å². The molecule has 1 aromatic carbocycles. The number of phenols is 1. The Labute approximate surface area is 94.9 Å². The van der Waals surface area contributed by atoms with E-state index in [1.54, 1.807) is 32.9 Å². The van der Waals surface area contributed by atoms with Crippen LogP contribution in [0.2, 0.25) is 0 Å². The molecule has 0 fully saturated rings. The number of benzene rings is 1. The smallest absolute Gasteiger partial charge is 0.251 e. The summed E-state index contributed by atoms with van der Waals surface area (Å²) in [5, 5.41) is 21.5. The molecule has 0 spiro atoms. The van der Waals surface area contributed by atoms with Crippen LogP contribution < -0.4 is 5.32 Å². The molecular formula is C12H17NO3. The lowest BCUT2D eigenvalue weighted by atomic mass is 10.1. The maximum Gasteiger partial charge on any atom is 0.251 e. The van der Waals surface area contributed by atoms with Crippen LogP contribution in [0.5, 0.6) is 5.75 Å². The summed E-state index contributed by atoms with van der Waals surface area (Å²) in [7, 11) is 0. The van der Waals surface area contributed by atoms with E-state index < -0.39 is 5.60 Å². The first-order chi connectivity index (χ1) is 7.31. The minimum atomic E-state index is -0.944. The second-order valence-electron chi connectivity index (χ2n) is 4.44. The minimum absolute atomic E-state index is 0.0934. The zero-order valence-corrected chi connectivity index (χ0v) is 9.74. The van der Waals surface area contributed by atoms with Crippen LogP contribution in [0.4, 0.5) is 0 Å². The SMILES string of the molecule is Cc1c(O)cccc1C(=O)NCC(C)(C)O. The Kier molecular flexibility index (Phi) is 3.55. The summed E-state index contributed by atoms with van der Waals surface area (Å²) in [6.45, 7) is 5.07. The third kappa shape index (κ3) is 3.24. The highest BCUT2D eigenvalue weighted by molar-refractivity contribution is 5.96. The Morgan fingerprint density at radius 1 is 1.44 bits per heavy atom. The molecule has 0 radical (unpaired) electrons. The van der Waals surface area contributed by atoms with E-state index >= 15 is 0 Å². The predicted molar refractivity (Wildman–Crippen MR) is 61.5 cm³/mol. The van der Waals surface area contributed by atoms with E-state index in [1.807, 2.05) is 0 Å². The lowest BCUT2D eigenvalue weighted by Crippen LogP contribution is -2.38. The lowest BCUT2D eigenvalue weighted by Gasteiger charge is -2.18. The summed E-state index contributed by atoms with van der Waals surface area (Å²) in [6.07, 6.45) is 0. The number of rotatable bonds is 3. The quantitative estimate of drug-likeness (QED) is 0.721. The van der Waals surface area contributed by atoms with E-state index in [2.05, 4.69) is 5.32 Å². The van der Waals surface area contributed by atoms with Crippen LogP contribution in [-0.2, 0) is 0 Å². The Balaban J connectivity index is 2.78. The van der Waals surface area contributed by atoms with Gasteiger partial charge >= 0.3 is 0 Å². The van der Waals surface area contributed by atoms with E-state index in [4.69, 9.17) is 0 Å². The topological polar surface area (TPSA) is 69.6 Å². The molecule has 0 aliphatic heterocycles. The number of nitrogens with one attached hydrogen (secondary N) is 1. The first kappa shape index (κ1) is 12.5. The van der Waals surface area contributed by atoms with Gasteiger partial charge in [0.2, 0.25) is 0 Å². The molecular weight excluding hydrogens is 206 g/mol. The van der Waals surface area contributed by atoms with Gasteiger partial charge in [0, 0.05) is 17.7 Å². The summed E-state index contributed by atoms with van der Waals surface area (Å²) >= 11 is 0. The van der Waals surface area contributed by atoms with E-state index in [-0.39, 0.29) is 18.2 Å². The number of carbonyl (C=O) groups is 1. The third-order valence-corrected chi connectivity index (χ3v) is 2.23. The van der Waals surface area contributed by atoms with Crippen LogP contribution in [-0.4, -0.2) is 28.3 Å². The van der Waals surface area contributed by atoms with Gasteiger partial charge in [-0.15, -0.1) is 0 Å². The molecule has 4 nitrogen and oxygen atoms in total. The third-order valence-electron chi connectivity index (χ3n) is 2.23. The van der Waals surface area contributed by atoms with Gasteiger partial charge in [-0.25, -0.2) is 0 Å². The largest absolute Gasteiger partial charge is 0.508 e. The Morgan fingerprint density at radius 3 is 2.62 bits per heavy atom. The highest BCUT2D eigenvalue weighted by atomic mass is 16.3. The van der Waals surface area contributed by atoms with Gasteiger partial charge in [0.05, 0.1) is 5.60 Å². The molecule has 0 saturated heterocycles. The number of aromatic hydroxyl groups is 1. The zero-order chi connectivity index (χ0) is 12.3. The molecule has 0 atom stereocenters. The number of amides is 1. The molecule has 0 aliphatic carbocycles. The fraction of sp³-hybridized carbons (Fsp3) is 0.417. The normalized spacial score (nSPS) is 11.2. The first-order valence-electron chi connectivity index (χ1n) is 5.10. The van der Waals surface area contributed by atoms with Gasteiger partial charge in [-0.2, -0.15) is 0 Å². The molecule has 1 amide bonds. The van der Waals surface area contributed by atoms with Crippen molar-refractivity contribution in [2.75, 3.05) is 6.54 Å². The van der Waals surface area contributed by atoms with Gasteiger partial charge in [-0.3, -0.25) is 4.79 Å². The van der Waals surface area contributed by atoms with Crippen molar-refractivity contribution in [1.82, 2.24) is 5.32 Å². The molecule has 0 bridgehead atoms. The summed E-state index contributed by atoms with van der Waals surface area (Å²) in [4.78, 5) is 11.7. The number of hydrogen-bond donors (Lipinski definition) is 3. The maximum absolute atomic E-state index is 11.7. The van der Waals surface area contributed by atoms with Crippen molar-refractivity contribution in [2.45, 2.75) is 26.4 Å². The number of carbonyl (C=O) groups excluding carboxylic acids is 1. The van der Waals surface area contributed by atoms with Crippen LogP contribution in [0, 0.1) is 6.92 Å². The van der Waals surface area contributed by atoms with E-state index in [1.165, 1.54) is 6.07 Å². The molecule has 0 heterocycles. The van der Waals surface area contributed by atoms with Crippen LogP contribution in [0.25, 0.3) is 0 Å². The summed E-state index contributed by atoms with van der Waals surface area (Å²) in [6, 6.07) is 4.78. The van der Waals surface area contributed by atoms with Crippen molar-refractivity contribution >= 4 is 5.91 Å². The lowest BCUT2D eigenvalue weighted by molar-refractivity contribution is 0.0694. The van der Waals surface area contributed by atoms with Gasteiger partial charge in [0.25, 0.3) is 5.91 Å². The monoisotopic (exact) mass is 223 g/mol. The maximum atomic E-state index is 11.7. The van der Waals surface area contributed by atoms with E-state index in [0.29, 0.717) is 11.1 Å². The van der Waals surface area contributed by atoms with Crippen molar-refractivity contribution in [2.24, 2.45) is 0 Å². The molecule has 1 rings (SSSR count). The molecule has 0 saturated carbocycles. The second kappa shape index (κ2) is 4.53. The standard InChI is InChI=1S/C12H17NO3/c1-8-9(5-4-6-10(8)14)11(15)13-7-12(2,3)16/h4-6,14,16H,7H2,1-3H3,(H,13,15). The molecule has 4 heteroatoms. The molecule has 0 aromatic heterocycles. The molecule has 88 valence electrons. The van der Waals surface area contributed by atoms with Crippen LogP contribution in [0.1, 0.15) is 29.8 Å². The summed E-state index contributed by atoms with van der Waals surface area (Å²) < 4.78 is 0. The fourth-order valence-corrected chi connectivity index (χ4v) is 1.26. The van der Waals surface area contributed by atoms with Crippen molar-refractivity contribution in [3.05, 3.63) is 29.3 Å². The Bertz CT molecular complexity index is 394. The van der Waals surface area contributed by atoms with Gasteiger partial charge in [-0.1, -0.05) is 6.07 Å². The summed E-state index contributed by atoms with van der Waals surface area (Å²) in [5.74, 6) is -0.202. The van der Waals surface area contributed by atoms with Crippen molar-refractivity contribution in [3.63, 3.8) is 0 Å². The number of hydrogen-bond acceptors (Lipinski definition) is 3. The molecule has 3 N–H and O–H groups in total. The molecule has 16 heavy (non-hydrogen) atoms. The molecule has 0 aliphatic rings. The average molecular weight is 223 g/mol. The van der Waals surface area contributed by atoms with Crippen LogP contribution in [0.3, 0.4) is 0 Å². The Morgan fingerprint density at radius 2 is 2.06 bits per heavy atom. The molecule has 0 unspecified atom stereocenters. The first-order valence-corrected chi connectivity index (χ1v) is 5.10. The van der Waals surface area contributed by atoms with Gasteiger partial charge in [-0.05, 0) is 32.9 Å². The predicted octanol–water partition coefficient (Wildman–Crippen LogP) is 1.20. The van der Waals surface area contributed by atoms with Crippen LogP contribution >= 0.6 is 0 Å². The summed E-state index contributed by atoms with van der Waals surface area (Å²) in [5.41, 5.74) is 0.0143.